The number of para-hydroxylation sites is 1. The molecule has 9 heteroatoms. The third-order valence-corrected chi connectivity index (χ3v) is 6.90. The van der Waals surface area contributed by atoms with Crippen LogP contribution in [0.5, 0.6) is 5.75 Å². The number of fused-ring (bicyclic) bond motifs is 1. The maximum absolute atomic E-state index is 13.4. The number of aliphatic hydroxyl groups is 1. The number of benzene rings is 2. The van der Waals surface area contributed by atoms with E-state index in [0.717, 1.165) is 12.1 Å². The van der Waals surface area contributed by atoms with Crippen molar-refractivity contribution in [2.75, 3.05) is 37.4 Å². The molecule has 9 nitrogen and oxygen atoms in total. The van der Waals surface area contributed by atoms with Gasteiger partial charge in [-0.05, 0) is 62.0 Å². The summed E-state index contributed by atoms with van der Waals surface area (Å²) in [6.07, 6.45) is 3.45. The molecule has 3 atom stereocenters. The monoisotopic (exact) mass is 531 g/mol. The second-order valence-electron chi connectivity index (χ2n) is 10.2. The summed E-state index contributed by atoms with van der Waals surface area (Å²) in [5.74, 6) is 0.526. The van der Waals surface area contributed by atoms with Crippen LogP contribution in [0.4, 0.5) is 16.2 Å². The summed E-state index contributed by atoms with van der Waals surface area (Å²) in [6, 6.07) is 17.8. The standard InChI is InChI=1S/C30H37N5O4/c1-21-17-35(22(2)20-36)29(37)16-24-15-26(33-30(38)32-25-7-5-4-6-8-25)9-10-27(24)39-28(21)19-34(3)18-23-11-13-31-14-12-23/h4-15,21-22,28,36H,16-20H2,1-3H3,(H2,32,33,38)/t21?,22-,28?/m0/s1. The highest BCUT2D eigenvalue weighted by Crippen LogP contribution is 2.29. The van der Waals surface area contributed by atoms with Crippen molar-refractivity contribution < 1.29 is 19.4 Å². The van der Waals surface area contributed by atoms with Crippen molar-refractivity contribution in [3.05, 3.63) is 84.2 Å². The number of nitrogens with zero attached hydrogens (tertiary/aromatic N) is 3. The lowest BCUT2D eigenvalue weighted by molar-refractivity contribution is -0.134. The Bertz CT molecular complexity index is 1240. The van der Waals surface area contributed by atoms with Gasteiger partial charge in [0.1, 0.15) is 11.9 Å². The van der Waals surface area contributed by atoms with Gasteiger partial charge in [-0.1, -0.05) is 25.1 Å². The number of aliphatic hydroxyl groups excluding tert-OH is 1. The number of likely N-dealkylation sites (N-methyl/N-ethyl adjacent to an activating group) is 1. The number of hydrogen-bond acceptors (Lipinski definition) is 6. The molecule has 0 aliphatic carbocycles. The Morgan fingerprint density at radius 3 is 2.56 bits per heavy atom. The number of urea groups is 1. The van der Waals surface area contributed by atoms with Crippen molar-refractivity contribution in [2.45, 2.75) is 39.0 Å². The number of hydrogen-bond donors (Lipinski definition) is 3. The first-order chi connectivity index (χ1) is 18.8. The third-order valence-electron chi connectivity index (χ3n) is 6.90. The summed E-state index contributed by atoms with van der Waals surface area (Å²) >= 11 is 0. The van der Waals surface area contributed by atoms with Gasteiger partial charge in [0.15, 0.2) is 0 Å². The molecule has 3 N–H and O–H groups in total. The Balaban J connectivity index is 1.56. The number of ether oxygens (including phenoxy) is 1. The number of pyridine rings is 1. The number of rotatable bonds is 8. The van der Waals surface area contributed by atoms with Crippen molar-refractivity contribution in [1.29, 1.82) is 0 Å². The van der Waals surface area contributed by atoms with Crippen LogP contribution < -0.4 is 15.4 Å². The molecule has 2 aromatic carbocycles. The molecule has 0 spiro atoms. The summed E-state index contributed by atoms with van der Waals surface area (Å²) in [7, 11) is 2.04. The molecule has 0 fully saturated rings. The molecule has 2 heterocycles. The first-order valence-corrected chi connectivity index (χ1v) is 13.2. The van der Waals surface area contributed by atoms with Crippen molar-refractivity contribution in [3.8, 4) is 5.75 Å². The van der Waals surface area contributed by atoms with Crippen LogP contribution in [0.15, 0.2) is 73.1 Å². The van der Waals surface area contributed by atoms with Gasteiger partial charge in [-0.3, -0.25) is 14.7 Å². The number of anilines is 2. The summed E-state index contributed by atoms with van der Waals surface area (Å²) in [5.41, 5.74) is 3.07. The molecule has 3 amide bonds. The SMILES string of the molecule is CC1CN([C@@H](C)CO)C(=O)Cc2cc(NC(=O)Nc3ccccc3)ccc2OC1CN(C)Cc1ccncc1. The average Bonchev–Trinajstić information content (AvgIpc) is 2.97. The minimum Gasteiger partial charge on any atom is -0.488 e. The first-order valence-electron chi connectivity index (χ1n) is 13.2. The van der Waals surface area contributed by atoms with E-state index >= 15 is 0 Å². The molecule has 1 aliphatic heterocycles. The van der Waals surface area contributed by atoms with E-state index in [1.807, 2.05) is 50.4 Å². The highest BCUT2D eigenvalue weighted by molar-refractivity contribution is 5.99. The second kappa shape index (κ2) is 13.2. The van der Waals surface area contributed by atoms with E-state index in [-0.39, 0.29) is 43.0 Å². The Labute approximate surface area is 229 Å². The number of amides is 3. The summed E-state index contributed by atoms with van der Waals surface area (Å²) in [4.78, 5) is 34.0. The number of carbonyl (C=O) groups excluding carboxylic acids is 2. The zero-order valence-corrected chi connectivity index (χ0v) is 22.7. The molecule has 206 valence electrons. The summed E-state index contributed by atoms with van der Waals surface area (Å²) in [5, 5.41) is 15.5. The zero-order valence-electron chi connectivity index (χ0n) is 22.7. The van der Waals surface area contributed by atoms with E-state index in [1.54, 1.807) is 41.6 Å². The molecular weight excluding hydrogens is 494 g/mol. The topological polar surface area (TPSA) is 107 Å². The van der Waals surface area contributed by atoms with Crippen LogP contribution in [-0.2, 0) is 17.8 Å². The van der Waals surface area contributed by atoms with Crippen molar-refractivity contribution in [3.63, 3.8) is 0 Å². The van der Waals surface area contributed by atoms with Crippen molar-refractivity contribution in [2.24, 2.45) is 5.92 Å². The van der Waals surface area contributed by atoms with Crippen LogP contribution in [-0.4, -0.2) is 70.7 Å². The van der Waals surface area contributed by atoms with Gasteiger partial charge in [0.05, 0.1) is 19.1 Å². The predicted molar refractivity (Wildman–Crippen MR) is 152 cm³/mol. The summed E-state index contributed by atoms with van der Waals surface area (Å²) in [6.45, 7) is 5.63. The maximum Gasteiger partial charge on any atom is 0.323 e. The van der Waals surface area contributed by atoms with Gasteiger partial charge in [0, 0.05) is 54.9 Å². The Morgan fingerprint density at radius 1 is 1.13 bits per heavy atom. The molecule has 0 saturated heterocycles. The van der Waals surface area contributed by atoms with Crippen LogP contribution in [0, 0.1) is 5.92 Å². The normalized spacial score (nSPS) is 18.3. The van der Waals surface area contributed by atoms with E-state index in [2.05, 4.69) is 27.4 Å². The summed E-state index contributed by atoms with van der Waals surface area (Å²) < 4.78 is 6.58. The van der Waals surface area contributed by atoms with Gasteiger partial charge in [0.25, 0.3) is 0 Å². The fourth-order valence-electron chi connectivity index (χ4n) is 4.71. The van der Waals surface area contributed by atoms with Crippen LogP contribution in [0.25, 0.3) is 0 Å². The van der Waals surface area contributed by atoms with Gasteiger partial charge in [-0.25, -0.2) is 4.79 Å². The van der Waals surface area contributed by atoms with Crippen molar-refractivity contribution >= 4 is 23.3 Å². The molecule has 0 bridgehead atoms. The number of aromatic nitrogens is 1. The molecule has 1 aliphatic rings. The Morgan fingerprint density at radius 2 is 1.85 bits per heavy atom. The number of carbonyl (C=O) groups is 2. The van der Waals surface area contributed by atoms with E-state index in [4.69, 9.17) is 4.74 Å². The van der Waals surface area contributed by atoms with Gasteiger partial charge >= 0.3 is 6.03 Å². The number of nitrogens with one attached hydrogen (secondary N) is 2. The molecule has 0 radical (unpaired) electrons. The van der Waals surface area contributed by atoms with Crippen LogP contribution in [0.2, 0.25) is 0 Å². The minimum absolute atomic E-state index is 0.00300. The highest BCUT2D eigenvalue weighted by atomic mass is 16.5. The molecule has 4 rings (SSSR count). The van der Waals surface area contributed by atoms with Gasteiger partial charge < -0.3 is 25.4 Å². The molecule has 1 aromatic heterocycles. The van der Waals surface area contributed by atoms with Crippen LogP contribution in [0.1, 0.15) is 25.0 Å². The molecule has 39 heavy (non-hydrogen) atoms. The lowest BCUT2D eigenvalue weighted by Crippen LogP contribution is -2.47. The average molecular weight is 532 g/mol. The largest absolute Gasteiger partial charge is 0.488 e. The van der Waals surface area contributed by atoms with E-state index in [9.17, 15) is 14.7 Å². The fourth-order valence-corrected chi connectivity index (χ4v) is 4.71. The van der Waals surface area contributed by atoms with E-state index in [0.29, 0.717) is 35.8 Å². The zero-order chi connectivity index (χ0) is 27.8. The Kier molecular flexibility index (Phi) is 9.51. The fraction of sp³-hybridized carbons (Fsp3) is 0.367. The van der Waals surface area contributed by atoms with E-state index in [1.165, 1.54) is 0 Å². The molecule has 2 unspecified atom stereocenters. The molecular formula is C30H37N5O4. The first kappa shape index (κ1) is 28.1. The maximum atomic E-state index is 13.4. The lowest BCUT2D eigenvalue weighted by Gasteiger charge is -2.34. The minimum atomic E-state index is -0.378. The molecule has 3 aromatic rings. The Hall–Kier alpha value is -3.95. The van der Waals surface area contributed by atoms with Crippen LogP contribution in [0.3, 0.4) is 0 Å². The van der Waals surface area contributed by atoms with Crippen molar-refractivity contribution in [1.82, 2.24) is 14.8 Å². The lowest BCUT2D eigenvalue weighted by atomic mass is 10.0. The molecule has 0 saturated carbocycles. The predicted octanol–water partition coefficient (Wildman–Crippen LogP) is 4.01. The quantitative estimate of drug-likeness (QED) is 0.406. The van der Waals surface area contributed by atoms with Gasteiger partial charge in [-0.2, -0.15) is 0 Å². The second-order valence-corrected chi connectivity index (χ2v) is 10.2. The third kappa shape index (κ3) is 7.78. The van der Waals surface area contributed by atoms with Gasteiger partial charge in [0.2, 0.25) is 5.91 Å². The smallest absolute Gasteiger partial charge is 0.323 e. The highest BCUT2D eigenvalue weighted by Gasteiger charge is 2.31. The van der Waals surface area contributed by atoms with Gasteiger partial charge in [-0.15, -0.1) is 0 Å². The van der Waals surface area contributed by atoms with Crippen LogP contribution >= 0.6 is 0 Å². The van der Waals surface area contributed by atoms with E-state index < -0.39 is 0 Å².